The maximum atomic E-state index is 9.81. The molecule has 0 aromatic rings. The van der Waals surface area contributed by atoms with Gasteiger partial charge in [-0.2, -0.15) is 5.26 Å². The number of nitriles is 1. The van der Waals surface area contributed by atoms with Crippen molar-refractivity contribution in [3.63, 3.8) is 0 Å². The quantitative estimate of drug-likeness (QED) is 0.596. The van der Waals surface area contributed by atoms with E-state index in [2.05, 4.69) is 40.0 Å². The molecule has 0 aromatic heterocycles. The number of hydrogen-bond acceptors (Lipinski definition) is 1. The van der Waals surface area contributed by atoms with Gasteiger partial charge in [-0.3, -0.25) is 0 Å². The molecule has 3 fully saturated rings. The zero-order valence-corrected chi connectivity index (χ0v) is 14.6. The molecule has 0 bridgehead atoms. The Balaban J connectivity index is 1.98. The summed E-state index contributed by atoms with van der Waals surface area (Å²) in [5.74, 6) is 4.25. The van der Waals surface area contributed by atoms with Crippen LogP contribution >= 0.6 is 0 Å². The van der Waals surface area contributed by atoms with E-state index in [4.69, 9.17) is 0 Å². The zero-order chi connectivity index (χ0) is 16.1. The van der Waals surface area contributed by atoms with Crippen molar-refractivity contribution < 1.29 is 0 Å². The second-order valence-corrected chi connectivity index (χ2v) is 8.77. The molecule has 3 saturated carbocycles. The van der Waals surface area contributed by atoms with Crippen molar-refractivity contribution in [1.82, 2.24) is 0 Å². The molecule has 0 N–H and O–H groups in total. The van der Waals surface area contributed by atoms with E-state index in [1.54, 1.807) is 0 Å². The van der Waals surface area contributed by atoms with Gasteiger partial charge < -0.3 is 0 Å². The van der Waals surface area contributed by atoms with Crippen LogP contribution in [0.3, 0.4) is 0 Å². The van der Waals surface area contributed by atoms with Gasteiger partial charge in [0.15, 0.2) is 0 Å². The lowest BCUT2D eigenvalue weighted by atomic mass is 9.45. The Morgan fingerprint density at radius 1 is 1.41 bits per heavy atom. The van der Waals surface area contributed by atoms with Crippen LogP contribution in [0.25, 0.3) is 0 Å². The lowest BCUT2D eigenvalue weighted by molar-refractivity contribution is -0.0696. The molecule has 0 spiro atoms. The van der Waals surface area contributed by atoms with Gasteiger partial charge in [0.25, 0.3) is 0 Å². The van der Waals surface area contributed by atoms with E-state index in [1.807, 2.05) is 0 Å². The average molecular weight is 297 g/mol. The molecule has 0 aliphatic heterocycles. The molecular formula is C21H31N. The highest BCUT2D eigenvalue weighted by atomic mass is 14.6. The molecule has 7 atom stereocenters. The Morgan fingerprint density at radius 3 is 2.77 bits per heavy atom. The van der Waals surface area contributed by atoms with Gasteiger partial charge in [0.1, 0.15) is 0 Å². The number of nitrogens with zero attached hydrogens (tertiary/aromatic N) is 1. The van der Waals surface area contributed by atoms with E-state index in [1.165, 1.54) is 30.4 Å². The largest absolute Gasteiger partial charge is 0.198 e. The molecule has 22 heavy (non-hydrogen) atoms. The summed E-state index contributed by atoms with van der Waals surface area (Å²) in [6.45, 7) is 15.5. The fourth-order valence-corrected chi connectivity index (χ4v) is 6.28. The minimum absolute atomic E-state index is 0.106. The van der Waals surface area contributed by atoms with Crippen LogP contribution in [0.4, 0.5) is 0 Å². The number of allylic oxidation sites excluding steroid dienone is 2. The smallest absolute Gasteiger partial charge is 0.0689 e. The predicted molar refractivity (Wildman–Crippen MR) is 92.0 cm³/mol. The van der Waals surface area contributed by atoms with E-state index in [-0.39, 0.29) is 5.41 Å². The summed E-state index contributed by atoms with van der Waals surface area (Å²) >= 11 is 0. The minimum Gasteiger partial charge on any atom is -0.198 e. The SMILES string of the molecule is C=C(C)C[C@@H]1C[C@H](C)[C@H]2CC[C@](C)(C#N)[C@@H]3CCC(=C)[C@@H]1[C@H]23. The molecule has 120 valence electrons. The first-order chi connectivity index (χ1) is 10.4. The third kappa shape index (κ3) is 2.36. The van der Waals surface area contributed by atoms with Crippen molar-refractivity contribution in [3.8, 4) is 6.07 Å². The van der Waals surface area contributed by atoms with Crippen molar-refractivity contribution >= 4 is 0 Å². The molecule has 3 aliphatic rings. The summed E-state index contributed by atoms with van der Waals surface area (Å²) in [5, 5.41) is 9.81. The molecule has 0 radical (unpaired) electrons. The van der Waals surface area contributed by atoms with Crippen molar-refractivity contribution in [2.75, 3.05) is 0 Å². The molecule has 0 aromatic carbocycles. The lowest BCUT2D eigenvalue weighted by Gasteiger charge is -2.59. The second-order valence-electron chi connectivity index (χ2n) is 8.77. The van der Waals surface area contributed by atoms with Crippen LogP contribution < -0.4 is 0 Å². The van der Waals surface area contributed by atoms with Gasteiger partial charge in [0.05, 0.1) is 11.5 Å². The van der Waals surface area contributed by atoms with Gasteiger partial charge in [-0.25, -0.2) is 0 Å². The third-order valence-corrected chi connectivity index (χ3v) is 7.22. The van der Waals surface area contributed by atoms with Crippen LogP contribution in [-0.2, 0) is 0 Å². The molecule has 1 nitrogen and oxygen atoms in total. The van der Waals surface area contributed by atoms with Gasteiger partial charge in [-0.05, 0) is 87.9 Å². The van der Waals surface area contributed by atoms with E-state index >= 15 is 0 Å². The fourth-order valence-electron chi connectivity index (χ4n) is 6.28. The monoisotopic (exact) mass is 297 g/mol. The fraction of sp³-hybridized carbons (Fsp3) is 0.762. The molecule has 3 rings (SSSR count). The molecular weight excluding hydrogens is 266 g/mol. The van der Waals surface area contributed by atoms with E-state index in [0.29, 0.717) is 23.7 Å². The van der Waals surface area contributed by atoms with Crippen LogP contribution in [0.15, 0.2) is 24.3 Å². The summed E-state index contributed by atoms with van der Waals surface area (Å²) in [7, 11) is 0. The second kappa shape index (κ2) is 5.55. The Labute approximate surface area is 136 Å². The van der Waals surface area contributed by atoms with E-state index in [9.17, 15) is 5.26 Å². The summed E-state index contributed by atoms with van der Waals surface area (Å²) in [5.41, 5.74) is 2.68. The third-order valence-electron chi connectivity index (χ3n) is 7.22. The van der Waals surface area contributed by atoms with Crippen LogP contribution in [0.2, 0.25) is 0 Å². The normalized spacial score (nSPS) is 47.5. The Hall–Kier alpha value is -1.03. The van der Waals surface area contributed by atoms with Gasteiger partial charge >= 0.3 is 0 Å². The van der Waals surface area contributed by atoms with Gasteiger partial charge in [0.2, 0.25) is 0 Å². The maximum Gasteiger partial charge on any atom is 0.0689 e. The molecule has 3 aliphatic carbocycles. The zero-order valence-electron chi connectivity index (χ0n) is 14.6. The topological polar surface area (TPSA) is 23.8 Å². The van der Waals surface area contributed by atoms with Crippen LogP contribution in [0, 0.1) is 52.3 Å². The first kappa shape index (κ1) is 15.9. The minimum atomic E-state index is -0.106. The standard InChI is InChI=1S/C21H31N/c1-13(2)10-16-11-15(4)17-8-9-21(5,12-22)18-7-6-14(3)19(16)20(17)18/h15-20H,1,3,6-11H2,2,4-5H3/t15-,16+,17+,18+,19-,20+,21+/m0/s1. The van der Waals surface area contributed by atoms with Crippen LogP contribution in [-0.4, -0.2) is 0 Å². The molecule has 0 unspecified atom stereocenters. The van der Waals surface area contributed by atoms with Gasteiger partial charge in [-0.1, -0.05) is 24.6 Å². The van der Waals surface area contributed by atoms with Gasteiger partial charge in [0, 0.05) is 0 Å². The predicted octanol–water partition coefficient (Wildman–Crippen LogP) is 5.75. The highest BCUT2D eigenvalue weighted by molar-refractivity contribution is 5.20. The summed E-state index contributed by atoms with van der Waals surface area (Å²) in [6, 6.07) is 2.71. The Bertz CT molecular complexity index is 525. The van der Waals surface area contributed by atoms with Crippen molar-refractivity contribution in [3.05, 3.63) is 24.3 Å². The highest BCUT2D eigenvalue weighted by Gasteiger charge is 2.56. The Kier molecular flexibility index (Phi) is 4.00. The van der Waals surface area contributed by atoms with Gasteiger partial charge in [-0.15, -0.1) is 6.58 Å². The summed E-state index contributed by atoms with van der Waals surface area (Å²) < 4.78 is 0. The van der Waals surface area contributed by atoms with Crippen molar-refractivity contribution in [1.29, 1.82) is 5.26 Å². The lowest BCUT2D eigenvalue weighted by Crippen LogP contribution is -2.53. The van der Waals surface area contributed by atoms with E-state index in [0.717, 1.165) is 31.1 Å². The van der Waals surface area contributed by atoms with E-state index < -0.39 is 0 Å². The number of rotatable bonds is 2. The van der Waals surface area contributed by atoms with Crippen molar-refractivity contribution in [2.24, 2.45) is 40.9 Å². The molecule has 0 saturated heterocycles. The highest BCUT2D eigenvalue weighted by Crippen LogP contribution is 2.62. The number of hydrogen-bond donors (Lipinski definition) is 0. The first-order valence-electron chi connectivity index (χ1n) is 9.10. The van der Waals surface area contributed by atoms with Crippen LogP contribution in [0.5, 0.6) is 0 Å². The molecule has 0 heterocycles. The molecule has 1 heteroatoms. The van der Waals surface area contributed by atoms with Crippen LogP contribution in [0.1, 0.15) is 59.3 Å². The molecule has 0 amide bonds. The summed E-state index contributed by atoms with van der Waals surface area (Å²) in [4.78, 5) is 0. The average Bonchev–Trinajstić information content (AvgIpc) is 2.45. The Morgan fingerprint density at radius 2 is 2.14 bits per heavy atom. The van der Waals surface area contributed by atoms with Crippen molar-refractivity contribution in [2.45, 2.75) is 59.3 Å². The maximum absolute atomic E-state index is 9.81. The summed E-state index contributed by atoms with van der Waals surface area (Å²) in [6.07, 6.45) is 7.14. The first-order valence-corrected chi connectivity index (χ1v) is 9.10.